The molecule has 8 heteroatoms. The van der Waals surface area contributed by atoms with Crippen molar-refractivity contribution in [1.29, 1.82) is 0 Å². The Morgan fingerprint density at radius 1 is 1.20 bits per heavy atom. The van der Waals surface area contributed by atoms with Gasteiger partial charge in [-0.05, 0) is 49.9 Å². The molecule has 5 nitrogen and oxygen atoms in total. The highest BCUT2D eigenvalue weighted by Crippen LogP contribution is 2.45. The number of H-pyrrole nitrogens is 1. The Bertz CT molecular complexity index is 1080. The number of halogens is 3. The highest BCUT2D eigenvalue weighted by molar-refractivity contribution is 6.38. The Balaban J connectivity index is 1.61. The van der Waals surface area contributed by atoms with Gasteiger partial charge >= 0.3 is 0 Å². The van der Waals surface area contributed by atoms with Crippen molar-refractivity contribution in [2.24, 2.45) is 0 Å². The van der Waals surface area contributed by atoms with Crippen LogP contribution in [0.5, 0.6) is 0 Å². The lowest BCUT2D eigenvalue weighted by molar-refractivity contribution is -0.0517. The smallest absolute Gasteiger partial charge is 0.252 e. The van der Waals surface area contributed by atoms with E-state index in [0.29, 0.717) is 16.4 Å². The minimum atomic E-state index is -2.68. The molecule has 1 amide bonds. The van der Waals surface area contributed by atoms with Crippen LogP contribution in [0.4, 0.5) is 8.78 Å². The molecular formula is C22H23ClF2N4O. The summed E-state index contributed by atoms with van der Waals surface area (Å²) in [6.07, 6.45) is 5.17. The Morgan fingerprint density at radius 3 is 2.53 bits per heavy atom. The summed E-state index contributed by atoms with van der Waals surface area (Å²) in [5, 5.41) is 4.09. The zero-order valence-corrected chi connectivity index (χ0v) is 17.6. The van der Waals surface area contributed by atoms with Gasteiger partial charge in [-0.3, -0.25) is 4.79 Å². The molecule has 0 unspecified atom stereocenters. The monoisotopic (exact) mass is 432 g/mol. The van der Waals surface area contributed by atoms with E-state index in [9.17, 15) is 13.6 Å². The van der Waals surface area contributed by atoms with E-state index < -0.39 is 11.3 Å². The minimum absolute atomic E-state index is 0.217. The molecule has 0 saturated heterocycles. The summed E-state index contributed by atoms with van der Waals surface area (Å²) >= 11 is 6.48. The number of nitrogens with one attached hydrogen (secondary N) is 2. The Hall–Kier alpha value is -2.54. The second-order valence-corrected chi connectivity index (χ2v) is 8.54. The Kier molecular flexibility index (Phi) is 5.26. The van der Waals surface area contributed by atoms with Crippen LogP contribution >= 0.6 is 11.6 Å². The molecule has 4 rings (SSSR count). The molecule has 1 fully saturated rings. The summed E-state index contributed by atoms with van der Waals surface area (Å²) in [6, 6.07) is 3.57. The number of aromatic amines is 1. The van der Waals surface area contributed by atoms with Gasteiger partial charge in [0.1, 0.15) is 5.82 Å². The summed E-state index contributed by atoms with van der Waals surface area (Å²) in [5.41, 5.74) is 2.30. The van der Waals surface area contributed by atoms with Crippen LogP contribution in [0.25, 0.3) is 10.9 Å². The average Bonchev–Trinajstić information content (AvgIpc) is 3.22. The van der Waals surface area contributed by atoms with E-state index in [4.69, 9.17) is 11.6 Å². The average molecular weight is 433 g/mol. The maximum absolute atomic E-state index is 13.9. The zero-order valence-electron chi connectivity index (χ0n) is 16.9. The number of hydrogen-bond acceptors (Lipinski definition) is 3. The third kappa shape index (κ3) is 3.78. The molecule has 1 aliphatic rings. The predicted molar refractivity (Wildman–Crippen MR) is 112 cm³/mol. The summed E-state index contributed by atoms with van der Waals surface area (Å²) in [6.45, 7) is 3.89. The van der Waals surface area contributed by atoms with Gasteiger partial charge in [-0.25, -0.2) is 18.7 Å². The van der Waals surface area contributed by atoms with E-state index in [1.165, 1.54) is 0 Å². The molecule has 2 N–H and O–H groups in total. The van der Waals surface area contributed by atoms with E-state index in [1.54, 1.807) is 31.6 Å². The van der Waals surface area contributed by atoms with Crippen LogP contribution in [-0.4, -0.2) is 33.3 Å². The number of fused-ring (bicyclic) bond motifs is 1. The molecule has 0 radical (unpaired) electrons. The highest BCUT2D eigenvalue weighted by Gasteiger charge is 2.45. The second-order valence-electron chi connectivity index (χ2n) is 8.16. The zero-order chi connectivity index (χ0) is 21.5. The molecule has 158 valence electrons. The number of aryl methyl sites for hydroxylation is 2. The molecule has 0 bridgehead atoms. The van der Waals surface area contributed by atoms with Crippen molar-refractivity contribution in [1.82, 2.24) is 20.3 Å². The standard InChI is InChI=1S/C22H23ClF2N4O/c1-13-9-17(18(23)16-3-8-26-19(13)16)20(30)29-12-21(4-6-22(24,25)7-5-21)15-10-27-14(2)28-11-15/h3,8-11,26H,4-7,12H2,1-2H3,(H,29,30). The third-order valence-corrected chi connectivity index (χ3v) is 6.55. The van der Waals surface area contributed by atoms with Crippen LogP contribution < -0.4 is 5.32 Å². The van der Waals surface area contributed by atoms with Crippen molar-refractivity contribution in [3.05, 3.63) is 58.3 Å². The summed E-state index contributed by atoms with van der Waals surface area (Å²) in [4.78, 5) is 24.6. The van der Waals surface area contributed by atoms with Gasteiger partial charge in [0, 0.05) is 54.3 Å². The molecule has 2 heterocycles. The van der Waals surface area contributed by atoms with Gasteiger partial charge in [0.15, 0.2) is 0 Å². The molecule has 1 saturated carbocycles. The first-order chi connectivity index (χ1) is 14.2. The van der Waals surface area contributed by atoms with Crippen LogP contribution in [-0.2, 0) is 5.41 Å². The first-order valence-electron chi connectivity index (χ1n) is 9.92. The largest absolute Gasteiger partial charge is 0.361 e. The summed E-state index contributed by atoms with van der Waals surface area (Å²) < 4.78 is 27.7. The van der Waals surface area contributed by atoms with E-state index in [2.05, 4.69) is 20.3 Å². The number of carbonyl (C=O) groups excluding carboxylic acids is 1. The Morgan fingerprint density at radius 2 is 1.87 bits per heavy atom. The van der Waals surface area contributed by atoms with Gasteiger partial charge in [0.2, 0.25) is 5.92 Å². The fraction of sp³-hybridized carbons (Fsp3) is 0.409. The number of alkyl halides is 2. The molecule has 1 aromatic carbocycles. The molecule has 1 aliphatic carbocycles. The van der Waals surface area contributed by atoms with Crippen molar-refractivity contribution >= 4 is 28.4 Å². The van der Waals surface area contributed by atoms with Crippen molar-refractivity contribution in [2.75, 3.05) is 6.54 Å². The normalized spacial score (nSPS) is 17.8. The number of amides is 1. The van der Waals surface area contributed by atoms with E-state index >= 15 is 0 Å². The van der Waals surface area contributed by atoms with Crippen molar-refractivity contribution in [2.45, 2.75) is 50.9 Å². The molecule has 0 spiro atoms. The summed E-state index contributed by atoms with van der Waals surface area (Å²) in [7, 11) is 0. The fourth-order valence-corrected chi connectivity index (χ4v) is 4.51. The van der Waals surface area contributed by atoms with Crippen molar-refractivity contribution in [3.8, 4) is 0 Å². The van der Waals surface area contributed by atoms with Gasteiger partial charge in [-0.1, -0.05) is 11.6 Å². The molecule has 0 aliphatic heterocycles. The van der Waals surface area contributed by atoms with E-state index in [-0.39, 0.29) is 38.1 Å². The summed E-state index contributed by atoms with van der Waals surface area (Å²) in [5.74, 6) is -2.39. The molecule has 0 atom stereocenters. The number of benzene rings is 1. The van der Waals surface area contributed by atoms with Crippen molar-refractivity contribution in [3.63, 3.8) is 0 Å². The van der Waals surface area contributed by atoms with Gasteiger partial charge in [-0.2, -0.15) is 0 Å². The maximum Gasteiger partial charge on any atom is 0.252 e. The topological polar surface area (TPSA) is 70.7 Å². The van der Waals surface area contributed by atoms with Crippen LogP contribution in [0.3, 0.4) is 0 Å². The van der Waals surface area contributed by atoms with Crippen molar-refractivity contribution < 1.29 is 13.6 Å². The minimum Gasteiger partial charge on any atom is -0.361 e. The first kappa shape index (κ1) is 20.7. The number of rotatable bonds is 4. The molecular weight excluding hydrogens is 410 g/mol. The quantitative estimate of drug-likeness (QED) is 0.602. The fourth-order valence-electron chi connectivity index (χ4n) is 4.21. The van der Waals surface area contributed by atoms with Crippen LogP contribution in [0.2, 0.25) is 5.02 Å². The van der Waals surface area contributed by atoms with E-state index in [0.717, 1.165) is 22.0 Å². The highest BCUT2D eigenvalue weighted by atomic mass is 35.5. The number of hydrogen-bond donors (Lipinski definition) is 2. The SMILES string of the molecule is Cc1ncc(C2(CNC(=O)c3cc(C)c4[nH]ccc4c3Cl)CCC(F)(F)CC2)cn1. The molecule has 3 aromatic rings. The van der Waals surface area contributed by atoms with Gasteiger partial charge in [-0.15, -0.1) is 0 Å². The lowest BCUT2D eigenvalue weighted by atomic mass is 9.69. The van der Waals surface area contributed by atoms with Gasteiger partial charge in [0.25, 0.3) is 5.91 Å². The Labute approximate surface area is 178 Å². The number of aromatic nitrogens is 3. The molecule has 2 aromatic heterocycles. The third-order valence-electron chi connectivity index (χ3n) is 6.14. The van der Waals surface area contributed by atoms with Crippen LogP contribution in [0.1, 0.15) is 53.0 Å². The lowest BCUT2D eigenvalue weighted by Gasteiger charge is -2.40. The lowest BCUT2D eigenvalue weighted by Crippen LogP contribution is -2.45. The molecule has 30 heavy (non-hydrogen) atoms. The van der Waals surface area contributed by atoms with Crippen LogP contribution in [0, 0.1) is 13.8 Å². The van der Waals surface area contributed by atoms with E-state index in [1.807, 2.05) is 13.0 Å². The van der Waals surface area contributed by atoms with Crippen LogP contribution in [0.15, 0.2) is 30.7 Å². The number of nitrogens with zero attached hydrogens (tertiary/aromatic N) is 2. The van der Waals surface area contributed by atoms with Gasteiger partial charge < -0.3 is 10.3 Å². The predicted octanol–water partition coefficient (Wildman–Crippen LogP) is 5.11. The van der Waals surface area contributed by atoms with Gasteiger partial charge in [0.05, 0.1) is 10.6 Å². The maximum atomic E-state index is 13.9. The first-order valence-corrected chi connectivity index (χ1v) is 10.3. The number of carbonyl (C=O) groups is 1. The second kappa shape index (κ2) is 7.61.